The number of carbonyl (C=O) groups is 2. The molecule has 0 aliphatic carbocycles. The largest absolute Gasteiger partial charge is 0.352 e. The van der Waals surface area contributed by atoms with Gasteiger partial charge >= 0.3 is 0 Å². The number of rotatable bonds is 10. The molecule has 174 valence electrons. The van der Waals surface area contributed by atoms with Crippen molar-refractivity contribution < 1.29 is 18.0 Å². The minimum Gasteiger partial charge on any atom is -0.352 e. The van der Waals surface area contributed by atoms with E-state index in [1.54, 1.807) is 24.3 Å². The van der Waals surface area contributed by atoms with E-state index in [1.807, 2.05) is 51.1 Å². The zero-order chi connectivity index (χ0) is 23.9. The first kappa shape index (κ1) is 25.7. The fourth-order valence-electron chi connectivity index (χ4n) is 3.30. The van der Waals surface area contributed by atoms with Crippen LogP contribution in [0.1, 0.15) is 32.8 Å². The molecular weight excluding hydrogens is 450 g/mol. The predicted octanol–water partition coefficient (Wildman–Crippen LogP) is 3.44. The number of hydrogen-bond donors (Lipinski definition) is 1. The Kier molecular flexibility index (Phi) is 9.09. The summed E-state index contributed by atoms with van der Waals surface area (Å²) in [6.07, 6.45) is 1.43. The van der Waals surface area contributed by atoms with Crippen molar-refractivity contribution in [3.8, 4) is 0 Å². The van der Waals surface area contributed by atoms with Crippen LogP contribution in [-0.4, -0.2) is 50.0 Å². The maximum absolute atomic E-state index is 13.4. The molecule has 0 aromatic heterocycles. The van der Waals surface area contributed by atoms with Gasteiger partial charge in [-0.2, -0.15) is 0 Å². The van der Waals surface area contributed by atoms with Crippen molar-refractivity contribution in [3.63, 3.8) is 0 Å². The molecule has 32 heavy (non-hydrogen) atoms. The van der Waals surface area contributed by atoms with Crippen LogP contribution in [-0.2, 0) is 26.2 Å². The summed E-state index contributed by atoms with van der Waals surface area (Å²) in [5, 5.41) is 3.31. The molecule has 1 unspecified atom stereocenters. The van der Waals surface area contributed by atoms with Gasteiger partial charge in [-0.1, -0.05) is 48.9 Å². The Balaban J connectivity index is 2.40. The molecule has 0 heterocycles. The van der Waals surface area contributed by atoms with Gasteiger partial charge in [0.1, 0.15) is 12.6 Å². The number of anilines is 1. The lowest BCUT2D eigenvalue weighted by molar-refractivity contribution is -0.140. The second kappa shape index (κ2) is 11.3. The fraction of sp³-hybridized carbons (Fsp3) is 0.391. The Morgan fingerprint density at radius 3 is 2.12 bits per heavy atom. The first-order valence-corrected chi connectivity index (χ1v) is 12.6. The summed E-state index contributed by atoms with van der Waals surface area (Å²) in [6, 6.07) is 14.7. The van der Waals surface area contributed by atoms with E-state index >= 15 is 0 Å². The minimum atomic E-state index is -3.76. The van der Waals surface area contributed by atoms with E-state index in [0.717, 1.165) is 16.1 Å². The summed E-state index contributed by atoms with van der Waals surface area (Å²) in [5.41, 5.74) is 1.17. The van der Waals surface area contributed by atoms with E-state index < -0.39 is 28.5 Å². The van der Waals surface area contributed by atoms with Crippen LogP contribution in [0, 0.1) is 0 Å². The Morgan fingerprint density at radius 1 is 1.03 bits per heavy atom. The monoisotopic (exact) mass is 479 g/mol. The number of hydrogen-bond acceptors (Lipinski definition) is 4. The summed E-state index contributed by atoms with van der Waals surface area (Å²) in [5.74, 6) is -0.746. The smallest absolute Gasteiger partial charge is 0.244 e. The Bertz CT molecular complexity index is 1010. The van der Waals surface area contributed by atoms with Gasteiger partial charge in [0.05, 0.1) is 11.9 Å². The van der Waals surface area contributed by atoms with Crippen LogP contribution in [0.2, 0.25) is 5.02 Å². The lowest BCUT2D eigenvalue weighted by Gasteiger charge is -2.33. The summed E-state index contributed by atoms with van der Waals surface area (Å²) < 4.78 is 26.0. The number of carbonyl (C=O) groups excluding carboxylic acids is 2. The van der Waals surface area contributed by atoms with Crippen molar-refractivity contribution in [2.75, 3.05) is 17.1 Å². The molecule has 0 bridgehead atoms. The van der Waals surface area contributed by atoms with Crippen LogP contribution in [0.15, 0.2) is 54.6 Å². The molecule has 2 aromatic rings. The molecule has 2 aromatic carbocycles. The topological polar surface area (TPSA) is 86.8 Å². The van der Waals surface area contributed by atoms with Crippen molar-refractivity contribution in [1.29, 1.82) is 0 Å². The van der Waals surface area contributed by atoms with Gasteiger partial charge < -0.3 is 10.2 Å². The van der Waals surface area contributed by atoms with Crippen LogP contribution in [0.3, 0.4) is 0 Å². The molecule has 0 fully saturated rings. The molecule has 0 aliphatic rings. The molecule has 0 saturated heterocycles. The third-order valence-electron chi connectivity index (χ3n) is 4.81. The standard InChI is InChI=1S/C23H30ClN3O4S/c1-5-21(23(29)25-17(2)3)26(15-18-9-7-6-8-10-18)22(28)16-27(32(4,30)31)20-13-11-19(24)12-14-20/h6-14,17,21H,5,15-16H2,1-4H3,(H,25,29). The quantitative estimate of drug-likeness (QED) is 0.565. The van der Waals surface area contributed by atoms with Gasteiger partial charge in [-0.15, -0.1) is 0 Å². The summed E-state index contributed by atoms with van der Waals surface area (Å²) in [6.45, 7) is 5.27. The van der Waals surface area contributed by atoms with Crippen LogP contribution in [0.5, 0.6) is 0 Å². The molecule has 0 saturated carbocycles. The lowest BCUT2D eigenvalue weighted by atomic mass is 10.1. The highest BCUT2D eigenvalue weighted by Crippen LogP contribution is 2.21. The molecule has 7 nitrogen and oxygen atoms in total. The highest BCUT2D eigenvalue weighted by molar-refractivity contribution is 7.92. The summed E-state index contributed by atoms with van der Waals surface area (Å²) >= 11 is 5.93. The number of halogens is 1. The molecule has 0 radical (unpaired) electrons. The van der Waals surface area contributed by atoms with Gasteiger partial charge in [0.25, 0.3) is 0 Å². The second-order valence-corrected chi connectivity index (χ2v) is 10.2. The van der Waals surface area contributed by atoms with Crippen LogP contribution < -0.4 is 9.62 Å². The maximum Gasteiger partial charge on any atom is 0.244 e. The Labute approximate surface area is 195 Å². The minimum absolute atomic E-state index is 0.0909. The molecule has 1 N–H and O–H groups in total. The van der Waals surface area contributed by atoms with E-state index in [0.29, 0.717) is 17.1 Å². The van der Waals surface area contributed by atoms with Crippen molar-refractivity contribution in [2.24, 2.45) is 0 Å². The van der Waals surface area contributed by atoms with E-state index in [-0.39, 0.29) is 18.5 Å². The fourth-order valence-corrected chi connectivity index (χ4v) is 4.28. The number of sulfonamides is 1. The van der Waals surface area contributed by atoms with Crippen LogP contribution in [0.4, 0.5) is 5.69 Å². The number of nitrogens with one attached hydrogen (secondary N) is 1. The normalized spacial score (nSPS) is 12.3. The molecule has 9 heteroatoms. The van der Waals surface area contributed by atoms with Gasteiger partial charge in [0.15, 0.2) is 0 Å². The van der Waals surface area contributed by atoms with Crippen LogP contribution >= 0.6 is 11.6 Å². The highest BCUT2D eigenvalue weighted by Gasteiger charge is 2.31. The SMILES string of the molecule is CCC(C(=O)NC(C)C)N(Cc1ccccc1)C(=O)CN(c1ccc(Cl)cc1)S(C)(=O)=O. The van der Waals surface area contributed by atoms with Crippen molar-refractivity contribution in [1.82, 2.24) is 10.2 Å². The van der Waals surface area contributed by atoms with Crippen molar-refractivity contribution >= 4 is 39.1 Å². The molecule has 1 atom stereocenters. The number of nitrogens with zero attached hydrogens (tertiary/aromatic N) is 2. The van der Waals surface area contributed by atoms with Crippen molar-refractivity contribution in [3.05, 3.63) is 65.2 Å². The molecule has 0 aliphatic heterocycles. The highest BCUT2D eigenvalue weighted by atomic mass is 35.5. The summed E-state index contributed by atoms with van der Waals surface area (Å²) in [7, 11) is -3.76. The number of benzene rings is 2. The first-order chi connectivity index (χ1) is 15.0. The maximum atomic E-state index is 13.4. The van der Waals surface area contributed by atoms with Gasteiger partial charge in [-0.3, -0.25) is 13.9 Å². The van der Waals surface area contributed by atoms with Gasteiger partial charge in [0.2, 0.25) is 21.8 Å². The molecule has 2 amide bonds. The average molecular weight is 480 g/mol. The summed E-state index contributed by atoms with van der Waals surface area (Å²) in [4.78, 5) is 27.8. The zero-order valence-electron chi connectivity index (χ0n) is 18.8. The van der Waals surface area contributed by atoms with Crippen molar-refractivity contribution in [2.45, 2.75) is 45.8 Å². The number of amides is 2. The van der Waals surface area contributed by atoms with Crippen LogP contribution in [0.25, 0.3) is 0 Å². The second-order valence-electron chi connectivity index (χ2n) is 7.84. The zero-order valence-corrected chi connectivity index (χ0v) is 20.4. The Morgan fingerprint density at radius 2 is 1.62 bits per heavy atom. The average Bonchev–Trinajstić information content (AvgIpc) is 2.72. The van der Waals surface area contributed by atoms with Gasteiger partial charge in [-0.05, 0) is 50.1 Å². The third kappa shape index (κ3) is 7.24. The van der Waals surface area contributed by atoms with E-state index in [1.165, 1.54) is 4.90 Å². The van der Waals surface area contributed by atoms with E-state index in [2.05, 4.69) is 5.32 Å². The first-order valence-electron chi connectivity index (χ1n) is 10.4. The van der Waals surface area contributed by atoms with E-state index in [9.17, 15) is 18.0 Å². The Hall–Kier alpha value is -2.58. The van der Waals surface area contributed by atoms with Gasteiger partial charge in [-0.25, -0.2) is 8.42 Å². The molecular formula is C23H30ClN3O4S. The third-order valence-corrected chi connectivity index (χ3v) is 6.20. The van der Waals surface area contributed by atoms with E-state index in [4.69, 9.17) is 11.6 Å². The lowest BCUT2D eigenvalue weighted by Crippen LogP contribution is -2.53. The van der Waals surface area contributed by atoms with Gasteiger partial charge in [0, 0.05) is 17.6 Å². The molecule has 2 rings (SSSR count). The molecule has 0 spiro atoms. The predicted molar refractivity (Wildman–Crippen MR) is 128 cm³/mol.